The third-order valence-electron chi connectivity index (χ3n) is 5.22. The van der Waals surface area contributed by atoms with Crippen molar-refractivity contribution in [3.63, 3.8) is 0 Å². The van der Waals surface area contributed by atoms with Crippen molar-refractivity contribution >= 4 is 23.5 Å². The number of aliphatic hydroxyl groups excluding tert-OH is 1. The van der Waals surface area contributed by atoms with Crippen LogP contribution in [0.5, 0.6) is 0 Å². The van der Waals surface area contributed by atoms with Gasteiger partial charge in [-0.1, -0.05) is 25.0 Å². The molecule has 9 nitrogen and oxygen atoms in total. The maximum absolute atomic E-state index is 12.7. The normalized spacial score (nSPS) is 16.1. The molecule has 0 spiro atoms. The second kappa shape index (κ2) is 11.4. The van der Waals surface area contributed by atoms with Gasteiger partial charge in [-0.25, -0.2) is 4.79 Å². The maximum Gasteiger partial charge on any atom is 0.312 e. The fourth-order valence-corrected chi connectivity index (χ4v) is 3.51. The van der Waals surface area contributed by atoms with Crippen LogP contribution in [-0.2, 0) is 16.2 Å². The van der Waals surface area contributed by atoms with Gasteiger partial charge in [0.15, 0.2) is 0 Å². The van der Waals surface area contributed by atoms with Gasteiger partial charge in [0.05, 0.1) is 12.6 Å². The number of amides is 4. The molecule has 0 aliphatic heterocycles. The quantitative estimate of drug-likeness (QED) is 0.313. The number of benzene rings is 1. The van der Waals surface area contributed by atoms with E-state index in [0.717, 1.165) is 31.2 Å². The van der Waals surface area contributed by atoms with Crippen molar-refractivity contribution in [2.75, 3.05) is 11.9 Å². The summed E-state index contributed by atoms with van der Waals surface area (Å²) in [6.45, 7) is 0.216. The fourth-order valence-electron chi connectivity index (χ4n) is 3.51. The molecule has 0 heterocycles. The lowest BCUT2D eigenvalue weighted by molar-refractivity contribution is -0.128. The smallest absolute Gasteiger partial charge is 0.312 e. The summed E-state index contributed by atoms with van der Waals surface area (Å²) in [4.78, 5) is 36.1. The van der Waals surface area contributed by atoms with Crippen LogP contribution in [0.1, 0.15) is 44.1 Å². The Morgan fingerprint density at radius 2 is 1.76 bits per heavy atom. The largest absolute Gasteiger partial charge is 0.392 e. The first kappa shape index (κ1) is 22.6. The first-order valence-electron chi connectivity index (χ1n) is 10.0. The van der Waals surface area contributed by atoms with Gasteiger partial charge in [-0.05, 0) is 49.3 Å². The number of carbonyl (C=O) groups excluding carboxylic acids is 3. The SMILES string of the molecule is NC(=O)NCCC[C@H](NC(=O)C(N)C1CCCC1)C(=O)Nc1ccc(CO)cc1. The van der Waals surface area contributed by atoms with E-state index >= 15 is 0 Å². The third-order valence-corrected chi connectivity index (χ3v) is 5.22. The second-order valence-electron chi connectivity index (χ2n) is 7.41. The molecule has 4 amide bonds. The molecule has 29 heavy (non-hydrogen) atoms. The predicted octanol–water partition coefficient (Wildman–Crippen LogP) is 0.568. The van der Waals surface area contributed by atoms with Gasteiger partial charge >= 0.3 is 6.03 Å². The van der Waals surface area contributed by atoms with E-state index in [0.29, 0.717) is 25.1 Å². The maximum atomic E-state index is 12.7. The Bertz CT molecular complexity index is 689. The molecule has 9 heteroatoms. The van der Waals surface area contributed by atoms with Crippen molar-refractivity contribution in [3.05, 3.63) is 29.8 Å². The van der Waals surface area contributed by atoms with Crippen molar-refractivity contribution in [2.45, 2.75) is 57.2 Å². The van der Waals surface area contributed by atoms with Gasteiger partial charge < -0.3 is 32.5 Å². The topological polar surface area (TPSA) is 160 Å². The van der Waals surface area contributed by atoms with Crippen molar-refractivity contribution < 1.29 is 19.5 Å². The van der Waals surface area contributed by atoms with Crippen LogP contribution in [-0.4, -0.2) is 41.6 Å². The Hall–Kier alpha value is -2.65. The van der Waals surface area contributed by atoms with Gasteiger partial charge in [0.2, 0.25) is 11.8 Å². The number of aliphatic hydroxyl groups is 1. The summed E-state index contributed by atoms with van der Waals surface area (Å²) in [5.41, 5.74) is 12.4. The summed E-state index contributed by atoms with van der Waals surface area (Å²) < 4.78 is 0. The minimum Gasteiger partial charge on any atom is -0.392 e. The first-order valence-corrected chi connectivity index (χ1v) is 10.0. The van der Waals surface area contributed by atoms with Crippen LogP contribution in [0.2, 0.25) is 0 Å². The lowest BCUT2D eigenvalue weighted by Crippen LogP contribution is -2.52. The summed E-state index contributed by atoms with van der Waals surface area (Å²) in [5, 5.41) is 17.1. The average molecular weight is 405 g/mol. The molecule has 0 aromatic heterocycles. The van der Waals surface area contributed by atoms with Gasteiger partial charge in [0.1, 0.15) is 6.04 Å². The number of nitrogens with one attached hydrogen (secondary N) is 3. The monoisotopic (exact) mass is 405 g/mol. The van der Waals surface area contributed by atoms with Crippen LogP contribution in [0, 0.1) is 5.92 Å². The van der Waals surface area contributed by atoms with Gasteiger partial charge in [0, 0.05) is 12.2 Å². The number of primary amides is 1. The molecule has 2 rings (SSSR count). The molecule has 1 aromatic carbocycles. The van der Waals surface area contributed by atoms with Crippen LogP contribution in [0.4, 0.5) is 10.5 Å². The van der Waals surface area contributed by atoms with Crippen LogP contribution >= 0.6 is 0 Å². The number of hydrogen-bond donors (Lipinski definition) is 6. The summed E-state index contributed by atoms with van der Waals surface area (Å²) in [7, 11) is 0. The standard InChI is InChI=1S/C20H31N5O4/c21-17(14-4-1-2-5-14)19(28)25-16(6-3-11-23-20(22)29)18(27)24-15-9-7-13(12-26)8-10-15/h7-10,14,16-17,26H,1-6,11-12,21H2,(H,24,27)(H,25,28)(H3,22,23,29)/t16-,17?/m0/s1. The molecule has 1 saturated carbocycles. The van der Waals surface area contributed by atoms with Crippen LogP contribution in [0.25, 0.3) is 0 Å². The minimum atomic E-state index is -0.790. The molecule has 1 fully saturated rings. The minimum absolute atomic E-state index is 0.0845. The first-order chi connectivity index (χ1) is 13.9. The highest BCUT2D eigenvalue weighted by molar-refractivity contribution is 5.97. The van der Waals surface area contributed by atoms with Gasteiger partial charge in [-0.2, -0.15) is 0 Å². The van der Waals surface area contributed by atoms with E-state index in [1.54, 1.807) is 24.3 Å². The lowest BCUT2D eigenvalue weighted by atomic mass is 9.97. The summed E-state index contributed by atoms with van der Waals surface area (Å²) in [6.07, 6.45) is 4.76. The zero-order valence-electron chi connectivity index (χ0n) is 16.5. The highest BCUT2D eigenvalue weighted by atomic mass is 16.3. The van der Waals surface area contributed by atoms with Gasteiger partial charge in [0.25, 0.3) is 0 Å². The molecule has 160 valence electrons. The van der Waals surface area contributed by atoms with Gasteiger partial charge in [-0.15, -0.1) is 0 Å². The number of rotatable bonds is 10. The molecule has 8 N–H and O–H groups in total. The van der Waals surface area contributed by atoms with Crippen molar-refractivity contribution in [1.82, 2.24) is 10.6 Å². The molecule has 2 atom stereocenters. The number of nitrogens with two attached hydrogens (primary N) is 2. The zero-order chi connectivity index (χ0) is 21.2. The van der Waals surface area contributed by atoms with E-state index in [1.807, 2.05) is 0 Å². The van der Waals surface area contributed by atoms with Crippen molar-refractivity contribution in [3.8, 4) is 0 Å². The lowest BCUT2D eigenvalue weighted by Gasteiger charge is -2.23. The van der Waals surface area contributed by atoms with E-state index in [-0.39, 0.29) is 24.3 Å². The molecule has 0 radical (unpaired) electrons. The number of carbonyl (C=O) groups is 3. The van der Waals surface area contributed by atoms with Crippen LogP contribution in [0.15, 0.2) is 24.3 Å². The van der Waals surface area contributed by atoms with Crippen LogP contribution in [0.3, 0.4) is 0 Å². The number of hydrogen-bond acceptors (Lipinski definition) is 5. The van der Waals surface area contributed by atoms with E-state index in [9.17, 15) is 14.4 Å². The Balaban J connectivity index is 1.98. The van der Waals surface area contributed by atoms with E-state index < -0.39 is 18.1 Å². The average Bonchev–Trinajstić information content (AvgIpc) is 3.24. The van der Waals surface area contributed by atoms with Gasteiger partial charge in [-0.3, -0.25) is 9.59 Å². The second-order valence-corrected chi connectivity index (χ2v) is 7.41. The highest BCUT2D eigenvalue weighted by Gasteiger charge is 2.30. The summed E-state index contributed by atoms with van der Waals surface area (Å²) in [6, 6.07) is 4.71. The van der Waals surface area contributed by atoms with Crippen molar-refractivity contribution in [2.24, 2.45) is 17.4 Å². The molecular weight excluding hydrogens is 374 g/mol. The summed E-state index contributed by atoms with van der Waals surface area (Å²) >= 11 is 0. The van der Waals surface area contributed by atoms with E-state index in [1.165, 1.54) is 0 Å². The molecule has 1 aliphatic rings. The Morgan fingerprint density at radius 1 is 1.10 bits per heavy atom. The van der Waals surface area contributed by atoms with Crippen molar-refractivity contribution in [1.29, 1.82) is 0 Å². The number of urea groups is 1. The molecule has 1 aliphatic carbocycles. The Morgan fingerprint density at radius 3 is 2.34 bits per heavy atom. The van der Waals surface area contributed by atoms with E-state index in [2.05, 4.69) is 16.0 Å². The molecular formula is C20H31N5O4. The fraction of sp³-hybridized carbons (Fsp3) is 0.550. The third kappa shape index (κ3) is 7.35. The molecule has 1 aromatic rings. The summed E-state index contributed by atoms with van der Waals surface area (Å²) in [5.74, 6) is -0.565. The van der Waals surface area contributed by atoms with Crippen LogP contribution < -0.4 is 27.4 Å². The molecule has 0 saturated heterocycles. The number of anilines is 1. The predicted molar refractivity (Wildman–Crippen MR) is 110 cm³/mol. The molecule has 1 unspecified atom stereocenters. The van der Waals surface area contributed by atoms with E-state index in [4.69, 9.17) is 16.6 Å². The highest BCUT2D eigenvalue weighted by Crippen LogP contribution is 2.27. The Labute approximate surface area is 170 Å². The molecule has 0 bridgehead atoms. The zero-order valence-corrected chi connectivity index (χ0v) is 16.5. The Kier molecular flexibility index (Phi) is 8.88.